The molecule has 5 rings (SSSR count). The number of esters is 1. The van der Waals surface area contributed by atoms with E-state index in [2.05, 4.69) is 20.9 Å². The first-order chi connectivity index (χ1) is 22.6. The molecule has 4 aromatic rings. The number of hydrogen-bond acceptors (Lipinski definition) is 11. The average molecular weight is 725 g/mol. The van der Waals surface area contributed by atoms with Crippen LogP contribution < -0.4 is 33.8 Å². The minimum atomic E-state index is -0.898. The van der Waals surface area contributed by atoms with Gasteiger partial charge >= 0.3 is 5.97 Å². The van der Waals surface area contributed by atoms with Gasteiger partial charge in [-0.3, -0.25) is 19.5 Å². The van der Waals surface area contributed by atoms with Crippen LogP contribution in [0.3, 0.4) is 0 Å². The van der Waals surface area contributed by atoms with Crippen LogP contribution >= 0.6 is 27.3 Å². The smallest absolute Gasteiger partial charge is 0.338 e. The van der Waals surface area contributed by atoms with Crippen molar-refractivity contribution >= 4 is 45.0 Å². The van der Waals surface area contributed by atoms with Gasteiger partial charge in [-0.1, -0.05) is 39.4 Å². The van der Waals surface area contributed by atoms with Crippen molar-refractivity contribution in [1.82, 2.24) is 4.57 Å². The van der Waals surface area contributed by atoms with Crippen LogP contribution in [-0.2, 0) is 16.1 Å². The summed E-state index contributed by atoms with van der Waals surface area (Å²) in [6.07, 6.45) is 1.68. The lowest BCUT2D eigenvalue weighted by Crippen LogP contribution is -2.40. The molecular formula is C33H30BrN3O9S. The summed E-state index contributed by atoms with van der Waals surface area (Å²) in [7, 11) is 4.53. The van der Waals surface area contributed by atoms with Crippen LogP contribution in [0.25, 0.3) is 6.08 Å². The molecule has 0 radical (unpaired) electrons. The van der Waals surface area contributed by atoms with Crippen molar-refractivity contribution < 1.29 is 33.4 Å². The number of fused-ring (bicyclic) bond motifs is 1. The Balaban J connectivity index is 1.65. The van der Waals surface area contributed by atoms with Crippen LogP contribution in [0.15, 0.2) is 80.1 Å². The van der Waals surface area contributed by atoms with E-state index in [4.69, 9.17) is 23.7 Å². The molecule has 14 heteroatoms. The van der Waals surface area contributed by atoms with Gasteiger partial charge in [0, 0.05) is 22.2 Å². The summed E-state index contributed by atoms with van der Waals surface area (Å²) < 4.78 is 30.5. The standard InChI is InChI=1S/C33H30BrN3O9S/c1-6-45-32(39)28-18(2)35-33-36(29(28)22-15-25(43-4)26(44-5)16-23(22)34)31(38)27(47-33)14-20-8-7-9-24(42-3)30(20)46-17-19-10-12-21(13-11-19)37(40)41/h7-16,29H,6,17H2,1-5H3/b27-14-/t29-/m0/s1. The minimum absolute atomic E-state index is 0.0260. The van der Waals surface area contributed by atoms with Crippen LogP contribution in [0.2, 0.25) is 0 Å². The van der Waals surface area contributed by atoms with Gasteiger partial charge < -0.3 is 23.7 Å². The van der Waals surface area contributed by atoms with Gasteiger partial charge in [0.15, 0.2) is 27.8 Å². The summed E-state index contributed by atoms with van der Waals surface area (Å²) >= 11 is 4.77. The van der Waals surface area contributed by atoms with E-state index in [0.717, 1.165) is 11.3 Å². The number of carbonyl (C=O) groups is 1. The number of aromatic nitrogens is 1. The quantitative estimate of drug-likeness (QED) is 0.118. The second-order valence-corrected chi connectivity index (χ2v) is 12.0. The second-order valence-electron chi connectivity index (χ2n) is 10.1. The summed E-state index contributed by atoms with van der Waals surface area (Å²) in [4.78, 5) is 43.2. The fourth-order valence-electron chi connectivity index (χ4n) is 5.14. The Morgan fingerprint density at radius 2 is 1.74 bits per heavy atom. The second kappa shape index (κ2) is 14.2. The molecule has 0 bridgehead atoms. The van der Waals surface area contributed by atoms with Crippen molar-refractivity contribution in [3.8, 4) is 23.0 Å². The Bertz CT molecular complexity index is 2070. The molecule has 3 aromatic carbocycles. The maximum absolute atomic E-state index is 14.3. The van der Waals surface area contributed by atoms with Crippen molar-refractivity contribution in [1.29, 1.82) is 0 Å². The van der Waals surface area contributed by atoms with Gasteiger partial charge in [0.2, 0.25) is 0 Å². The minimum Gasteiger partial charge on any atom is -0.493 e. The Morgan fingerprint density at radius 3 is 2.38 bits per heavy atom. The van der Waals surface area contributed by atoms with Crippen LogP contribution in [0.4, 0.5) is 5.69 Å². The molecule has 2 heterocycles. The number of nitrogens with zero attached hydrogens (tertiary/aromatic N) is 3. The highest BCUT2D eigenvalue weighted by molar-refractivity contribution is 9.10. The predicted molar refractivity (Wildman–Crippen MR) is 178 cm³/mol. The summed E-state index contributed by atoms with van der Waals surface area (Å²) in [6, 6.07) is 13.9. The SMILES string of the molecule is CCOC(=O)C1=C(C)N=c2s/c(=C\c3cccc(OC)c3OCc3ccc([N+](=O)[O-])cc3)c(=O)n2[C@H]1c1cc(OC)c(OC)cc1Br. The van der Waals surface area contributed by atoms with Gasteiger partial charge in [-0.15, -0.1) is 0 Å². The summed E-state index contributed by atoms with van der Waals surface area (Å²) in [6.45, 7) is 3.64. The number of nitro benzene ring substituents is 1. The summed E-state index contributed by atoms with van der Waals surface area (Å²) in [5.41, 5.74) is 2.04. The van der Waals surface area contributed by atoms with E-state index < -0.39 is 16.9 Å². The van der Waals surface area contributed by atoms with Crippen molar-refractivity contribution in [2.24, 2.45) is 4.99 Å². The molecule has 0 saturated carbocycles. The Morgan fingerprint density at radius 1 is 1.06 bits per heavy atom. The molecule has 0 unspecified atom stereocenters. The van der Waals surface area contributed by atoms with E-state index in [9.17, 15) is 19.7 Å². The highest BCUT2D eigenvalue weighted by atomic mass is 79.9. The van der Waals surface area contributed by atoms with Gasteiger partial charge in [0.05, 0.1) is 54.7 Å². The van der Waals surface area contributed by atoms with Crippen LogP contribution in [-0.4, -0.2) is 43.4 Å². The van der Waals surface area contributed by atoms with Gasteiger partial charge in [-0.25, -0.2) is 9.79 Å². The molecule has 1 atom stereocenters. The zero-order chi connectivity index (χ0) is 33.8. The molecular weight excluding hydrogens is 694 g/mol. The first-order valence-corrected chi connectivity index (χ1v) is 15.9. The lowest BCUT2D eigenvalue weighted by atomic mass is 9.95. The van der Waals surface area contributed by atoms with Crippen LogP contribution in [0.5, 0.6) is 23.0 Å². The van der Waals surface area contributed by atoms with Gasteiger partial charge in [0.25, 0.3) is 11.2 Å². The zero-order valence-electron chi connectivity index (χ0n) is 26.1. The number of allylic oxidation sites excluding steroid dienone is 1. The molecule has 244 valence electrons. The maximum Gasteiger partial charge on any atom is 0.338 e. The number of benzene rings is 3. The molecule has 0 N–H and O–H groups in total. The molecule has 0 fully saturated rings. The third-order valence-electron chi connectivity index (χ3n) is 7.36. The number of thiazole rings is 1. The largest absolute Gasteiger partial charge is 0.493 e. The van der Waals surface area contributed by atoms with Crippen molar-refractivity contribution in [3.63, 3.8) is 0 Å². The van der Waals surface area contributed by atoms with E-state index in [0.29, 0.717) is 59.2 Å². The normalized spacial score (nSPS) is 14.3. The van der Waals surface area contributed by atoms with Crippen LogP contribution in [0, 0.1) is 10.1 Å². The predicted octanol–water partition coefficient (Wildman–Crippen LogP) is 5.07. The first kappa shape index (κ1) is 33.4. The first-order valence-electron chi connectivity index (χ1n) is 14.3. The van der Waals surface area contributed by atoms with Crippen LogP contribution in [0.1, 0.15) is 36.6 Å². The molecule has 1 aromatic heterocycles. The number of nitro groups is 1. The Kier molecular flexibility index (Phi) is 10.1. The molecule has 1 aliphatic rings. The molecule has 12 nitrogen and oxygen atoms in total. The van der Waals surface area contributed by atoms with E-state index >= 15 is 0 Å². The molecule has 0 aliphatic carbocycles. The fraction of sp³-hybridized carbons (Fsp3) is 0.242. The van der Waals surface area contributed by atoms with Crippen molar-refractivity contribution in [2.75, 3.05) is 27.9 Å². The Labute approximate surface area is 281 Å². The number of carbonyl (C=O) groups excluding carboxylic acids is 1. The average Bonchev–Trinajstić information content (AvgIpc) is 3.37. The van der Waals surface area contributed by atoms with Crippen molar-refractivity contribution in [2.45, 2.75) is 26.5 Å². The van der Waals surface area contributed by atoms with Gasteiger partial charge in [0.1, 0.15) is 6.61 Å². The third kappa shape index (κ3) is 6.65. The number of non-ortho nitro benzene ring substituents is 1. The van der Waals surface area contributed by atoms with E-state index in [1.54, 1.807) is 62.4 Å². The van der Waals surface area contributed by atoms with Crippen molar-refractivity contribution in [3.05, 3.63) is 117 Å². The molecule has 1 aliphatic heterocycles. The van der Waals surface area contributed by atoms with E-state index in [-0.39, 0.29) is 30.0 Å². The number of hydrogen-bond donors (Lipinski definition) is 0. The number of ether oxygens (including phenoxy) is 5. The highest BCUT2D eigenvalue weighted by Crippen LogP contribution is 2.41. The van der Waals surface area contributed by atoms with Gasteiger partial charge in [-0.05, 0) is 61.4 Å². The maximum atomic E-state index is 14.3. The highest BCUT2D eigenvalue weighted by Gasteiger charge is 2.35. The topological polar surface area (TPSA) is 141 Å². The third-order valence-corrected chi connectivity index (χ3v) is 9.03. The molecule has 0 spiro atoms. The monoisotopic (exact) mass is 723 g/mol. The zero-order valence-corrected chi connectivity index (χ0v) is 28.5. The lowest BCUT2D eigenvalue weighted by molar-refractivity contribution is -0.384. The molecule has 0 amide bonds. The fourth-order valence-corrected chi connectivity index (χ4v) is 6.71. The number of halogens is 1. The lowest BCUT2D eigenvalue weighted by Gasteiger charge is -2.26. The number of rotatable bonds is 11. The Hall–Kier alpha value is -4.95. The van der Waals surface area contributed by atoms with Gasteiger partial charge in [-0.2, -0.15) is 0 Å². The van der Waals surface area contributed by atoms with E-state index in [1.165, 1.54) is 38.0 Å². The number of para-hydroxylation sites is 1. The summed E-state index contributed by atoms with van der Waals surface area (Å²) in [5, 5.41) is 11.0. The number of methoxy groups -OCH3 is 3. The van der Waals surface area contributed by atoms with E-state index in [1.807, 2.05) is 0 Å². The molecule has 47 heavy (non-hydrogen) atoms. The summed E-state index contributed by atoms with van der Waals surface area (Å²) in [5.74, 6) is 1.09. The molecule has 0 saturated heterocycles.